The normalized spacial score (nSPS) is 22.4. The van der Waals surface area contributed by atoms with Crippen LogP contribution in [-0.2, 0) is 17.8 Å². The van der Waals surface area contributed by atoms with Crippen LogP contribution in [0.25, 0.3) is 0 Å². The molecule has 0 N–H and O–H groups in total. The fourth-order valence-electron chi connectivity index (χ4n) is 6.23. The van der Waals surface area contributed by atoms with Crippen LogP contribution in [0.3, 0.4) is 0 Å². The number of benzene rings is 3. The van der Waals surface area contributed by atoms with E-state index in [1.807, 2.05) is 63.2 Å². The number of carbonyl (C=O) groups excluding carboxylic acids is 2. The van der Waals surface area contributed by atoms with E-state index in [1.54, 1.807) is 17.0 Å². The number of halogens is 1. The second-order valence-electron chi connectivity index (χ2n) is 11.4. The van der Waals surface area contributed by atoms with Crippen LogP contribution in [0.1, 0.15) is 51.7 Å². The summed E-state index contributed by atoms with van der Waals surface area (Å²) in [5, 5.41) is 0. The second kappa shape index (κ2) is 11.4. The maximum atomic E-state index is 14.4. The van der Waals surface area contributed by atoms with Crippen LogP contribution in [-0.4, -0.2) is 52.0 Å². The first kappa shape index (κ1) is 27.8. The molecule has 40 heavy (non-hydrogen) atoms. The Hall–Kier alpha value is -3.71. The van der Waals surface area contributed by atoms with Crippen molar-refractivity contribution in [2.24, 2.45) is 0 Å². The fraction of sp³-hybridized carbons (Fsp3) is 0.394. The predicted molar refractivity (Wildman–Crippen MR) is 155 cm³/mol. The zero-order valence-electron chi connectivity index (χ0n) is 23.7. The van der Waals surface area contributed by atoms with Crippen molar-refractivity contribution in [3.8, 4) is 5.75 Å². The minimum atomic E-state index is -1.06. The first-order chi connectivity index (χ1) is 19.2. The third-order valence-corrected chi connectivity index (χ3v) is 8.05. The molecule has 0 saturated carbocycles. The molecule has 210 valence electrons. The first-order valence-electron chi connectivity index (χ1n) is 14.1. The molecule has 0 aliphatic carbocycles. The van der Waals surface area contributed by atoms with Crippen molar-refractivity contribution in [1.29, 1.82) is 0 Å². The lowest BCUT2D eigenvalue weighted by Crippen LogP contribution is -2.59. The average Bonchev–Trinajstić information content (AvgIpc) is 3.11. The molecule has 7 heteroatoms. The van der Waals surface area contributed by atoms with Crippen molar-refractivity contribution >= 4 is 17.6 Å². The number of piperidine rings is 1. The Kier molecular flexibility index (Phi) is 7.95. The Bertz CT molecular complexity index is 1360. The number of imide groups is 1. The van der Waals surface area contributed by atoms with Gasteiger partial charge in [-0.2, -0.15) is 0 Å². The van der Waals surface area contributed by atoms with Gasteiger partial charge >= 0.3 is 6.03 Å². The van der Waals surface area contributed by atoms with Crippen molar-refractivity contribution in [2.75, 3.05) is 11.4 Å². The van der Waals surface area contributed by atoms with Gasteiger partial charge in [-0.1, -0.05) is 48.5 Å². The van der Waals surface area contributed by atoms with Crippen LogP contribution in [0.4, 0.5) is 14.9 Å². The lowest BCUT2D eigenvalue weighted by molar-refractivity contribution is -0.134. The van der Waals surface area contributed by atoms with Crippen molar-refractivity contribution in [3.05, 3.63) is 95.8 Å². The summed E-state index contributed by atoms with van der Waals surface area (Å²) in [4.78, 5) is 33.6. The zero-order valence-corrected chi connectivity index (χ0v) is 23.7. The maximum Gasteiger partial charge on any atom is 0.332 e. The molecule has 0 aromatic heterocycles. The van der Waals surface area contributed by atoms with Gasteiger partial charge in [0.15, 0.2) is 0 Å². The number of nitrogens with zero attached hydrogens (tertiary/aromatic N) is 3. The Morgan fingerprint density at radius 1 is 0.950 bits per heavy atom. The van der Waals surface area contributed by atoms with E-state index in [0.29, 0.717) is 38.0 Å². The van der Waals surface area contributed by atoms with Crippen LogP contribution in [0, 0.1) is 5.82 Å². The highest BCUT2D eigenvalue weighted by Gasteiger charge is 2.60. The van der Waals surface area contributed by atoms with Gasteiger partial charge in [-0.15, -0.1) is 0 Å². The summed E-state index contributed by atoms with van der Waals surface area (Å²) < 4.78 is 20.3. The third-order valence-electron chi connectivity index (χ3n) is 8.05. The summed E-state index contributed by atoms with van der Waals surface area (Å²) in [6.45, 7) is 9.37. The minimum Gasteiger partial charge on any atom is -0.491 e. The van der Waals surface area contributed by atoms with Gasteiger partial charge in [0, 0.05) is 30.9 Å². The summed E-state index contributed by atoms with van der Waals surface area (Å²) >= 11 is 0. The number of hydrogen-bond donors (Lipinski definition) is 0. The molecule has 3 aromatic rings. The van der Waals surface area contributed by atoms with Crippen LogP contribution >= 0.6 is 0 Å². The molecule has 3 amide bonds. The van der Waals surface area contributed by atoms with Crippen molar-refractivity contribution < 1.29 is 18.7 Å². The van der Waals surface area contributed by atoms with Gasteiger partial charge in [0.2, 0.25) is 0 Å². The van der Waals surface area contributed by atoms with E-state index in [0.717, 1.165) is 16.9 Å². The number of urea groups is 1. The smallest absolute Gasteiger partial charge is 0.332 e. The number of anilines is 1. The van der Waals surface area contributed by atoms with Gasteiger partial charge < -0.3 is 4.74 Å². The lowest BCUT2D eigenvalue weighted by atomic mass is 9.81. The first-order valence-corrected chi connectivity index (χ1v) is 14.1. The highest BCUT2D eigenvalue weighted by atomic mass is 19.1. The van der Waals surface area contributed by atoms with E-state index in [-0.39, 0.29) is 30.1 Å². The summed E-state index contributed by atoms with van der Waals surface area (Å²) in [5.41, 5.74) is 1.55. The predicted octanol–water partition coefficient (Wildman–Crippen LogP) is 6.44. The summed E-state index contributed by atoms with van der Waals surface area (Å²) in [6, 6.07) is 23.3. The molecule has 2 aliphatic heterocycles. The Balaban J connectivity index is 1.42. The van der Waals surface area contributed by atoms with Gasteiger partial charge in [0.1, 0.15) is 17.1 Å². The zero-order chi connectivity index (χ0) is 28.4. The molecule has 3 aromatic carbocycles. The summed E-state index contributed by atoms with van der Waals surface area (Å²) in [7, 11) is 0. The molecule has 6 nitrogen and oxygen atoms in total. The van der Waals surface area contributed by atoms with Gasteiger partial charge in [-0.25, -0.2) is 9.18 Å². The Labute approximate surface area is 236 Å². The maximum absolute atomic E-state index is 14.4. The Morgan fingerprint density at radius 3 is 2.38 bits per heavy atom. The molecule has 2 saturated heterocycles. The molecule has 2 heterocycles. The molecule has 2 unspecified atom stereocenters. The number of hydrogen-bond acceptors (Lipinski definition) is 4. The van der Waals surface area contributed by atoms with Gasteiger partial charge in [-0.05, 0) is 88.4 Å². The molecule has 0 radical (unpaired) electrons. The quantitative estimate of drug-likeness (QED) is 0.307. The number of ether oxygens (including phenoxy) is 1. The van der Waals surface area contributed by atoms with Crippen molar-refractivity contribution in [1.82, 2.24) is 9.80 Å². The van der Waals surface area contributed by atoms with Crippen LogP contribution in [0.15, 0.2) is 78.9 Å². The van der Waals surface area contributed by atoms with E-state index in [2.05, 4.69) is 24.0 Å². The molecular weight excluding hydrogens is 505 g/mol. The number of amides is 3. The van der Waals surface area contributed by atoms with E-state index < -0.39 is 11.4 Å². The molecule has 0 bridgehead atoms. The van der Waals surface area contributed by atoms with Crippen LogP contribution in [0.5, 0.6) is 5.75 Å². The Morgan fingerprint density at radius 2 is 1.68 bits per heavy atom. The van der Waals surface area contributed by atoms with Crippen molar-refractivity contribution in [3.63, 3.8) is 0 Å². The number of carbonyl (C=O) groups is 2. The highest BCUT2D eigenvalue weighted by Crippen LogP contribution is 2.43. The summed E-state index contributed by atoms with van der Waals surface area (Å²) in [5.74, 6) is 0.215. The minimum absolute atomic E-state index is 0.0145. The van der Waals surface area contributed by atoms with E-state index in [1.165, 1.54) is 17.0 Å². The van der Waals surface area contributed by atoms with E-state index in [4.69, 9.17) is 4.74 Å². The average molecular weight is 544 g/mol. The molecule has 5 rings (SSSR count). The highest BCUT2D eigenvalue weighted by molar-refractivity contribution is 6.17. The molecule has 1 spiro atoms. The van der Waals surface area contributed by atoms with Crippen molar-refractivity contribution in [2.45, 2.75) is 77.2 Å². The van der Waals surface area contributed by atoms with E-state index in [9.17, 15) is 14.0 Å². The third kappa shape index (κ3) is 5.48. The summed E-state index contributed by atoms with van der Waals surface area (Å²) in [6.07, 6.45) is 1.58. The standard InChI is InChI=1S/C33H38FN3O3/c1-23(2)40-30-15-8-12-27(19-30)22-35-17-16-33(21-25(35)4)31(38)36(24(3)18-26-10-6-5-7-11-26)32(39)37(33)29-14-9-13-28(34)20-29/h5-15,19-20,23-25H,16-18,21-22H2,1-4H3/t24?,25-,33?/m0/s1. The van der Waals surface area contributed by atoms with Gasteiger partial charge in [0.05, 0.1) is 6.10 Å². The number of likely N-dealkylation sites (tertiary alicyclic amines) is 1. The molecule has 2 fully saturated rings. The van der Waals surface area contributed by atoms with E-state index >= 15 is 0 Å². The largest absolute Gasteiger partial charge is 0.491 e. The van der Waals surface area contributed by atoms with Crippen LogP contribution in [0.2, 0.25) is 0 Å². The van der Waals surface area contributed by atoms with Gasteiger partial charge in [-0.3, -0.25) is 19.5 Å². The van der Waals surface area contributed by atoms with Crippen LogP contribution < -0.4 is 9.64 Å². The topological polar surface area (TPSA) is 53.1 Å². The lowest BCUT2D eigenvalue weighted by Gasteiger charge is -2.45. The molecule has 3 atom stereocenters. The second-order valence-corrected chi connectivity index (χ2v) is 11.4. The fourth-order valence-corrected chi connectivity index (χ4v) is 6.23. The SMILES string of the molecule is CC(C)Oc1cccc(CN2CCC3(C[C@@H]2C)C(=O)N(C(C)Cc2ccccc2)C(=O)N3c2cccc(F)c2)c1. The number of rotatable bonds is 8. The molecule has 2 aliphatic rings. The van der Waals surface area contributed by atoms with Gasteiger partial charge in [0.25, 0.3) is 5.91 Å². The molecular formula is C33H38FN3O3. The monoisotopic (exact) mass is 543 g/mol.